The Morgan fingerprint density at radius 2 is 1.23 bits per heavy atom. The number of H-pyrrole nitrogens is 1. The molecule has 0 spiro atoms. The predicted molar refractivity (Wildman–Crippen MR) is 227 cm³/mol. The summed E-state index contributed by atoms with van der Waals surface area (Å²) in [5.74, 6) is -10.2. The van der Waals surface area contributed by atoms with Crippen LogP contribution in [0.3, 0.4) is 0 Å². The molecule has 0 radical (unpaired) electrons. The Morgan fingerprint density at radius 3 is 1.85 bits per heavy atom. The van der Waals surface area contributed by atoms with Gasteiger partial charge in [-0.25, -0.2) is 0 Å². The van der Waals surface area contributed by atoms with Gasteiger partial charge in [-0.1, -0.05) is 48.5 Å². The average molecular weight is 908 g/mol. The number of carboxylic acid groups (broad SMARTS) is 1. The molecule has 2 aromatic carbocycles. The first-order valence-corrected chi connectivity index (χ1v) is 20.4. The van der Waals surface area contributed by atoms with Crippen molar-refractivity contribution >= 4 is 70.0 Å². The number of carboxylic acids is 1. The molecular weight excluding hydrogens is 855 g/mol. The van der Waals surface area contributed by atoms with Gasteiger partial charge >= 0.3 is 5.97 Å². The summed E-state index contributed by atoms with van der Waals surface area (Å²) in [6.45, 7) is -2.52. The Morgan fingerprint density at radius 1 is 0.677 bits per heavy atom. The van der Waals surface area contributed by atoms with Crippen molar-refractivity contribution in [3.8, 4) is 0 Å². The summed E-state index contributed by atoms with van der Waals surface area (Å²) < 4.78 is 0. The Bertz CT molecular complexity index is 2240. The number of para-hydroxylation sites is 1. The summed E-state index contributed by atoms with van der Waals surface area (Å²) in [6, 6.07) is 4.44. The van der Waals surface area contributed by atoms with Crippen LogP contribution in [0.15, 0.2) is 60.8 Å². The van der Waals surface area contributed by atoms with Gasteiger partial charge in [-0.15, -0.1) is 0 Å². The molecule has 65 heavy (non-hydrogen) atoms. The topological polar surface area (TPSA) is 401 Å². The molecule has 0 unspecified atom stereocenters. The molecule has 350 valence electrons. The van der Waals surface area contributed by atoms with E-state index in [0.29, 0.717) is 17.5 Å². The molecule has 1 saturated heterocycles. The minimum atomic E-state index is -1.82. The number of nitrogens with one attached hydrogen (secondary N) is 7. The zero-order valence-electron chi connectivity index (χ0n) is 35.0. The lowest BCUT2D eigenvalue weighted by Gasteiger charge is -2.28. The van der Waals surface area contributed by atoms with E-state index < -0.39 is 134 Å². The summed E-state index contributed by atoms with van der Waals surface area (Å²) in [6.07, 6.45) is 0.206. The van der Waals surface area contributed by atoms with Crippen molar-refractivity contribution in [3.63, 3.8) is 0 Å². The lowest BCUT2D eigenvalue weighted by atomic mass is 10.0. The normalized spacial score (nSPS) is 16.1. The van der Waals surface area contributed by atoms with Gasteiger partial charge < -0.3 is 74.3 Å². The second kappa shape index (κ2) is 23.9. The van der Waals surface area contributed by atoms with E-state index in [1.54, 1.807) is 60.8 Å². The Kier molecular flexibility index (Phi) is 18.4. The summed E-state index contributed by atoms with van der Waals surface area (Å²) in [5, 5.41) is 44.2. The second-order valence-electron chi connectivity index (χ2n) is 15.2. The van der Waals surface area contributed by atoms with Crippen molar-refractivity contribution in [3.05, 3.63) is 71.9 Å². The highest BCUT2D eigenvalue weighted by molar-refractivity contribution is 5.99. The number of aliphatic hydroxyl groups excluding tert-OH is 2. The average Bonchev–Trinajstić information content (AvgIpc) is 3.93. The number of hydrogen-bond donors (Lipinski definition) is 13. The van der Waals surface area contributed by atoms with Gasteiger partial charge in [-0.2, -0.15) is 0 Å². The monoisotopic (exact) mass is 907 g/mol. The van der Waals surface area contributed by atoms with Crippen molar-refractivity contribution in [2.24, 2.45) is 17.2 Å². The summed E-state index contributed by atoms with van der Waals surface area (Å²) in [5.41, 5.74) is 18.1. The number of aromatic nitrogens is 1. The molecule has 24 nitrogen and oxygen atoms in total. The highest BCUT2D eigenvalue weighted by Crippen LogP contribution is 2.20. The van der Waals surface area contributed by atoms with Crippen LogP contribution in [0.2, 0.25) is 0 Å². The number of aliphatic carboxylic acids is 1. The number of fused-ring (bicyclic) bond motifs is 1. The van der Waals surface area contributed by atoms with Crippen LogP contribution in [0.1, 0.15) is 36.8 Å². The molecule has 0 saturated carbocycles. The number of primary amides is 2. The van der Waals surface area contributed by atoms with Crippen LogP contribution in [-0.2, 0) is 60.8 Å². The molecule has 0 bridgehead atoms. The first kappa shape index (κ1) is 50.2. The number of amides is 9. The fourth-order valence-corrected chi connectivity index (χ4v) is 7.03. The van der Waals surface area contributed by atoms with Gasteiger partial charge in [0, 0.05) is 36.5 Å². The molecule has 2 heterocycles. The number of aliphatic hydroxyl groups is 2. The van der Waals surface area contributed by atoms with E-state index in [4.69, 9.17) is 22.3 Å². The standard InChI is InChI=1S/C41H53N11O13/c42-24(15-34(57)58)41(65)52-12-6-11-31(52)40(64)51-30(20-54)39(63)47-26(13-21-7-2-1-3-8-21)36(60)49-28(16-32(43)55)37(61)50-29(19-53)38(62)48-27(35(59)46-18-33(44)56)14-22-17-45-25-10-5-4-9-23(22)25/h1-5,7-10,17,24,26-31,45,53-54H,6,11-16,18-20,42H2,(H2,43,55)(H2,44,56)(H,46,59)(H,47,63)(H,48,62)(H,49,60)(H,50,61)(H,51,64)(H,57,58)/t24-,26-,27-,28-,29-,30-,31-/m0/s1. The van der Waals surface area contributed by atoms with Crippen molar-refractivity contribution in [2.45, 2.75) is 80.8 Å². The lowest BCUT2D eigenvalue weighted by molar-refractivity contribution is -0.144. The number of likely N-dealkylation sites (tertiary alicyclic amines) is 1. The Balaban J connectivity index is 1.49. The van der Waals surface area contributed by atoms with Gasteiger partial charge in [0.25, 0.3) is 0 Å². The Labute approximate surface area is 370 Å². The molecule has 1 aliphatic rings. The van der Waals surface area contributed by atoms with Crippen LogP contribution in [-0.4, -0.2) is 153 Å². The first-order valence-electron chi connectivity index (χ1n) is 20.4. The number of benzene rings is 2. The number of carbonyl (C=O) groups is 10. The Hall–Kier alpha value is -7.44. The number of nitrogens with zero attached hydrogens (tertiary/aromatic N) is 1. The number of hydrogen-bond acceptors (Lipinski definition) is 13. The van der Waals surface area contributed by atoms with Crippen molar-refractivity contribution < 1.29 is 63.3 Å². The SMILES string of the molecule is NC(=O)CNC(=O)[C@H](Cc1c[nH]c2ccccc12)NC(=O)[C@H](CO)NC(=O)[C@H](CC(N)=O)NC(=O)[C@H](Cc1ccccc1)NC(=O)[C@H](CO)NC(=O)[C@@H]1CCCN1C(=O)[C@@H](N)CC(=O)O. The predicted octanol–water partition coefficient (Wildman–Crippen LogP) is -5.37. The third-order valence-corrected chi connectivity index (χ3v) is 10.3. The van der Waals surface area contributed by atoms with E-state index >= 15 is 0 Å². The van der Waals surface area contributed by atoms with Crippen LogP contribution in [0.25, 0.3) is 10.9 Å². The van der Waals surface area contributed by atoms with E-state index in [1.807, 2.05) is 0 Å². The fraction of sp³-hybridized carbons (Fsp3) is 0.415. The van der Waals surface area contributed by atoms with Crippen LogP contribution < -0.4 is 49.1 Å². The molecule has 1 aromatic heterocycles. The van der Waals surface area contributed by atoms with Gasteiger partial charge in [0.15, 0.2) is 0 Å². The van der Waals surface area contributed by atoms with Crippen LogP contribution in [0.5, 0.6) is 0 Å². The van der Waals surface area contributed by atoms with E-state index in [1.165, 1.54) is 0 Å². The van der Waals surface area contributed by atoms with E-state index in [-0.39, 0.29) is 25.8 Å². The van der Waals surface area contributed by atoms with E-state index in [0.717, 1.165) is 15.8 Å². The van der Waals surface area contributed by atoms with Gasteiger partial charge in [0.2, 0.25) is 53.2 Å². The minimum Gasteiger partial charge on any atom is -0.481 e. The molecule has 1 fully saturated rings. The van der Waals surface area contributed by atoms with E-state index in [9.17, 15) is 58.2 Å². The van der Waals surface area contributed by atoms with Gasteiger partial charge in [0.05, 0.1) is 38.6 Å². The maximum absolute atomic E-state index is 13.9. The molecule has 9 amide bonds. The lowest BCUT2D eigenvalue weighted by Crippen LogP contribution is -2.61. The van der Waals surface area contributed by atoms with Crippen LogP contribution >= 0.6 is 0 Å². The molecule has 24 heteroatoms. The van der Waals surface area contributed by atoms with E-state index in [2.05, 4.69) is 36.9 Å². The van der Waals surface area contributed by atoms with Crippen molar-refractivity contribution in [1.82, 2.24) is 41.8 Å². The van der Waals surface area contributed by atoms with Crippen molar-refractivity contribution in [1.29, 1.82) is 0 Å². The number of carbonyl (C=O) groups excluding carboxylic acids is 9. The molecule has 7 atom stereocenters. The van der Waals surface area contributed by atoms with Gasteiger partial charge in [-0.3, -0.25) is 47.9 Å². The van der Waals surface area contributed by atoms with Crippen molar-refractivity contribution in [2.75, 3.05) is 26.3 Å². The largest absolute Gasteiger partial charge is 0.481 e. The van der Waals surface area contributed by atoms with Crippen LogP contribution in [0, 0.1) is 0 Å². The number of nitrogens with two attached hydrogens (primary N) is 3. The molecule has 16 N–H and O–H groups in total. The molecule has 0 aliphatic carbocycles. The fourth-order valence-electron chi connectivity index (χ4n) is 7.03. The summed E-state index contributed by atoms with van der Waals surface area (Å²) in [7, 11) is 0. The molecule has 3 aromatic rings. The second-order valence-corrected chi connectivity index (χ2v) is 15.2. The number of rotatable bonds is 24. The zero-order valence-corrected chi connectivity index (χ0v) is 35.0. The smallest absolute Gasteiger partial charge is 0.305 e. The van der Waals surface area contributed by atoms with Gasteiger partial charge in [0.1, 0.15) is 36.3 Å². The molecular formula is C41H53N11O13. The highest BCUT2D eigenvalue weighted by Gasteiger charge is 2.39. The van der Waals surface area contributed by atoms with Gasteiger partial charge in [-0.05, 0) is 30.0 Å². The first-order chi connectivity index (χ1) is 30.9. The molecule has 4 rings (SSSR count). The maximum atomic E-state index is 13.9. The number of aromatic amines is 1. The summed E-state index contributed by atoms with van der Waals surface area (Å²) in [4.78, 5) is 133. The quantitative estimate of drug-likeness (QED) is 0.0399. The minimum absolute atomic E-state index is 0.0746. The maximum Gasteiger partial charge on any atom is 0.305 e. The molecule has 1 aliphatic heterocycles. The summed E-state index contributed by atoms with van der Waals surface area (Å²) >= 11 is 0. The zero-order chi connectivity index (χ0) is 47.8. The van der Waals surface area contributed by atoms with Crippen LogP contribution in [0.4, 0.5) is 0 Å². The highest BCUT2D eigenvalue weighted by atomic mass is 16.4. The third kappa shape index (κ3) is 14.6. The third-order valence-electron chi connectivity index (χ3n) is 10.3.